The number of fused-ring (bicyclic) bond motifs is 1. The fraction of sp³-hybridized carbons (Fsp3) is 0.348. The van der Waals surface area contributed by atoms with Crippen LogP contribution >= 0.6 is 12.4 Å². The molecule has 1 N–H and O–H groups in total. The first-order valence-corrected chi connectivity index (χ1v) is 10.0. The molecule has 0 spiro atoms. The normalized spacial score (nSPS) is 14.2. The first kappa shape index (κ1) is 21.1. The number of benzene rings is 1. The lowest BCUT2D eigenvalue weighted by atomic mass is 10.1. The predicted molar refractivity (Wildman–Crippen MR) is 120 cm³/mol. The summed E-state index contributed by atoms with van der Waals surface area (Å²) in [5.41, 5.74) is 5.09. The summed E-state index contributed by atoms with van der Waals surface area (Å²) in [4.78, 5) is 24.4. The summed E-state index contributed by atoms with van der Waals surface area (Å²) in [6.45, 7) is 5.63. The van der Waals surface area contributed by atoms with Gasteiger partial charge < -0.3 is 10.2 Å². The molecule has 3 aromatic rings. The second-order valence-electron chi connectivity index (χ2n) is 7.57. The summed E-state index contributed by atoms with van der Waals surface area (Å²) in [5.74, 6) is 0.0482. The van der Waals surface area contributed by atoms with E-state index in [0.29, 0.717) is 11.2 Å². The molecule has 0 aliphatic carbocycles. The highest BCUT2D eigenvalue weighted by Crippen LogP contribution is 2.30. The average molecular weight is 411 g/mol. The van der Waals surface area contributed by atoms with Gasteiger partial charge >= 0.3 is 0 Å². The molecule has 0 radical (unpaired) electrons. The number of likely N-dealkylation sites (tertiary alicyclic amines) is 1. The quantitative estimate of drug-likeness (QED) is 0.625. The van der Waals surface area contributed by atoms with E-state index in [9.17, 15) is 4.79 Å². The minimum Gasteiger partial charge on any atom is -0.354 e. The Morgan fingerprint density at radius 3 is 2.52 bits per heavy atom. The number of anilines is 2. The average Bonchev–Trinajstić information content (AvgIpc) is 2.97. The van der Waals surface area contributed by atoms with Gasteiger partial charge in [-0.25, -0.2) is 9.97 Å². The van der Waals surface area contributed by atoms with Crippen molar-refractivity contribution in [3.8, 4) is 0 Å². The van der Waals surface area contributed by atoms with Crippen LogP contribution in [-0.2, 0) is 0 Å². The molecule has 152 valence electrons. The Morgan fingerprint density at radius 1 is 1.03 bits per heavy atom. The van der Waals surface area contributed by atoms with Gasteiger partial charge in [0.05, 0.1) is 11.3 Å². The second-order valence-corrected chi connectivity index (χ2v) is 7.57. The first-order valence-electron chi connectivity index (χ1n) is 10.0. The number of carbonyl (C=O) groups is 1. The fourth-order valence-electron chi connectivity index (χ4n) is 3.78. The number of amides is 1. The van der Waals surface area contributed by atoms with Crippen LogP contribution in [0.3, 0.4) is 0 Å². The predicted octanol–water partition coefficient (Wildman–Crippen LogP) is 5.43. The number of rotatable bonds is 3. The highest BCUT2D eigenvalue weighted by atomic mass is 35.5. The Bertz CT molecular complexity index is 1010. The van der Waals surface area contributed by atoms with E-state index in [4.69, 9.17) is 0 Å². The van der Waals surface area contributed by atoms with Crippen LogP contribution in [0.5, 0.6) is 0 Å². The maximum Gasteiger partial charge on any atom is 0.257 e. The molecule has 3 heterocycles. The zero-order chi connectivity index (χ0) is 19.5. The molecule has 1 aromatic carbocycles. The molecule has 1 amide bonds. The molecule has 1 saturated heterocycles. The van der Waals surface area contributed by atoms with Crippen molar-refractivity contribution in [1.82, 2.24) is 14.9 Å². The SMILES string of the molecule is Cc1cccc(Nc2c(C(=O)N3CCCCCC3)cnc3nc(C)ccc23)c1.Cl. The van der Waals surface area contributed by atoms with Gasteiger partial charge in [-0.05, 0) is 56.5 Å². The van der Waals surface area contributed by atoms with Gasteiger partial charge in [0.1, 0.15) is 0 Å². The molecule has 0 saturated carbocycles. The number of carbonyl (C=O) groups excluding carboxylic acids is 1. The zero-order valence-corrected chi connectivity index (χ0v) is 17.8. The molecule has 0 bridgehead atoms. The van der Waals surface area contributed by atoms with Gasteiger partial charge in [0, 0.05) is 36.1 Å². The van der Waals surface area contributed by atoms with Crippen molar-refractivity contribution in [1.29, 1.82) is 0 Å². The van der Waals surface area contributed by atoms with Gasteiger partial charge in [0.2, 0.25) is 0 Å². The molecule has 2 aromatic heterocycles. The van der Waals surface area contributed by atoms with Crippen molar-refractivity contribution in [3.63, 3.8) is 0 Å². The Labute approximate surface area is 178 Å². The molecule has 29 heavy (non-hydrogen) atoms. The highest BCUT2D eigenvalue weighted by Gasteiger charge is 2.22. The van der Waals surface area contributed by atoms with E-state index in [1.54, 1.807) is 6.20 Å². The minimum absolute atomic E-state index is 0. The van der Waals surface area contributed by atoms with E-state index >= 15 is 0 Å². The number of pyridine rings is 2. The Hall–Kier alpha value is -2.66. The van der Waals surface area contributed by atoms with Gasteiger partial charge in [-0.2, -0.15) is 0 Å². The largest absolute Gasteiger partial charge is 0.354 e. The van der Waals surface area contributed by atoms with Gasteiger partial charge in [0.15, 0.2) is 5.65 Å². The maximum atomic E-state index is 13.4. The van der Waals surface area contributed by atoms with Crippen LogP contribution in [0.4, 0.5) is 11.4 Å². The number of hydrogen-bond donors (Lipinski definition) is 1. The fourth-order valence-corrected chi connectivity index (χ4v) is 3.78. The maximum absolute atomic E-state index is 13.4. The smallest absolute Gasteiger partial charge is 0.257 e. The first-order chi connectivity index (χ1) is 13.6. The Balaban J connectivity index is 0.00000240. The Kier molecular flexibility index (Phi) is 6.70. The van der Waals surface area contributed by atoms with Crippen LogP contribution in [0.2, 0.25) is 0 Å². The van der Waals surface area contributed by atoms with E-state index in [0.717, 1.165) is 53.9 Å². The highest BCUT2D eigenvalue weighted by molar-refractivity contribution is 6.07. The van der Waals surface area contributed by atoms with Crippen LogP contribution < -0.4 is 5.32 Å². The van der Waals surface area contributed by atoms with Crippen molar-refractivity contribution in [3.05, 3.63) is 59.4 Å². The molecular formula is C23H27ClN4O. The summed E-state index contributed by atoms with van der Waals surface area (Å²) in [7, 11) is 0. The third-order valence-corrected chi connectivity index (χ3v) is 5.28. The van der Waals surface area contributed by atoms with Crippen molar-refractivity contribution in [2.24, 2.45) is 0 Å². The molecule has 1 fully saturated rings. The van der Waals surface area contributed by atoms with Crippen LogP contribution in [-0.4, -0.2) is 33.9 Å². The third kappa shape index (κ3) is 4.67. The molecular weight excluding hydrogens is 384 g/mol. The van der Waals surface area contributed by atoms with Crippen molar-refractivity contribution in [2.75, 3.05) is 18.4 Å². The lowest BCUT2D eigenvalue weighted by molar-refractivity contribution is 0.0762. The summed E-state index contributed by atoms with van der Waals surface area (Å²) < 4.78 is 0. The monoisotopic (exact) mass is 410 g/mol. The number of nitrogens with zero attached hydrogens (tertiary/aromatic N) is 3. The summed E-state index contributed by atoms with van der Waals surface area (Å²) in [6.07, 6.45) is 6.19. The number of hydrogen-bond acceptors (Lipinski definition) is 4. The van der Waals surface area contributed by atoms with Gasteiger partial charge in [-0.1, -0.05) is 25.0 Å². The topological polar surface area (TPSA) is 58.1 Å². The van der Waals surface area contributed by atoms with Gasteiger partial charge in [-0.15, -0.1) is 12.4 Å². The number of aromatic nitrogens is 2. The molecule has 1 aliphatic rings. The van der Waals surface area contributed by atoms with Gasteiger partial charge in [0.25, 0.3) is 5.91 Å². The molecule has 6 heteroatoms. The van der Waals surface area contributed by atoms with Crippen LogP contribution in [0.25, 0.3) is 11.0 Å². The number of halogens is 1. The Morgan fingerprint density at radius 2 is 1.79 bits per heavy atom. The standard InChI is InChI=1S/C23H26N4O.ClH/c1-16-8-7-9-18(14-16)26-21-19-11-10-17(2)25-22(19)24-15-20(21)23(28)27-12-5-3-4-6-13-27;/h7-11,14-15H,3-6,12-13H2,1-2H3,(H,24,25,26);1H. The van der Waals surface area contributed by atoms with Crippen LogP contribution in [0.1, 0.15) is 47.3 Å². The van der Waals surface area contributed by atoms with E-state index < -0.39 is 0 Å². The lowest BCUT2D eigenvalue weighted by Crippen LogP contribution is -2.32. The molecule has 1 aliphatic heterocycles. The van der Waals surface area contributed by atoms with E-state index in [1.165, 1.54) is 12.8 Å². The minimum atomic E-state index is 0. The van der Waals surface area contributed by atoms with Gasteiger partial charge in [-0.3, -0.25) is 4.79 Å². The van der Waals surface area contributed by atoms with E-state index in [1.807, 2.05) is 36.1 Å². The van der Waals surface area contributed by atoms with Crippen molar-refractivity contribution in [2.45, 2.75) is 39.5 Å². The van der Waals surface area contributed by atoms with E-state index in [-0.39, 0.29) is 18.3 Å². The molecule has 0 unspecified atom stereocenters. The second kappa shape index (κ2) is 9.23. The number of nitrogens with one attached hydrogen (secondary N) is 1. The lowest BCUT2D eigenvalue weighted by Gasteiger charge is -2.22. The summed E-state index contributed by atoms with van der Waals surface area (Å²) >= 11 is 0. The van der Waals surface area contributed by atoms with Crippen LogP contribution in [0, 0.1) is 13.8 Å². The van der Waals surface area contributed by atoms with Crippen molar-refractivity contribution >= 4 is 40.7 Å². The molecule has 5 nitrogen and oxygen atoms in total. The zero-order valence-electron chi connectivity index (χ0n) is 16.9. The summed E-state index contributed by atoms with van der Waals surface area (Å²) in [6, 6.07) is 12.1. The molecule has 4 rings (SSSR count). The van der Waals surface area contributed by atoms with Crippen LogP contribution in [0.15, 0.2) is 42.6 Å². The van der Waals surface area contributed by atoms with E-state index in [2.05, 4.69) is 34.3 Å². The summed E-state index contributed by atoms with van der Waals surface area (Å²) in [5, 5.41) is 4.35. The van der Waals surface area contributed by atoms with Crippen molar-refractivity contribution < 1.29 is 4.79 Å². The molecule has 0 atom stereocenters. The third-order valence-electron chi connectivity index (χ3n) is 5.28. The number of aryl methyl sites for hydroxylation is 2.